The van der Waals surface area contributed by atoms with Gasteiger partial charge in [0.2, 0.25) is 10.0 Å². The van der Waals surface area contributed by atoms with Crippen molar-refractivity contribution in [2.24, 2.45) is 5.14 Å². The lowest BCUT2D eigenvalue weighted by Gasteiger charge is -2.08. The highest BCUT2D eigenvalue weighted by molar-refractivity contribution is 7.89. The molecular weight excluding hydrogens is 330 g/mol. The number of anilines is 2. The Morgan fingerprint density at radius 2 is 1.32 bits per heavy atom. The van der Waals surface area contributed by atoms with Crippen molar-refractivity contribution in [1.82, 2.24) is 0 Å². The van der Waals surface area contributed by atoms with Crippen LogP contribution in [0.3, 0.4) is 0 Å². The van der Waals surface area contributed by atoms with Gasteiger partial charge < -0.3 is 5.73 Å². The smallest absolute Gasteiger partial charge is 0.317 e. The summed E-state index contributed by atoms with van der Waals surface area (Å²) in [5.41, 5.74) is 8.36. The molecule has 0 amide bonds. The van der Waals surface area contributed by atoms with E-state index in [9.17, 15) is 16.8 Å². The van der Waals surface area contributed by atoms with Crippen molar-refractivity contribution >= 4 is 31.5 Å². The molecule has 0 unspecified atom stereocenters. The minimum Gasteiger partial charge on any atom is -0.399 e. The van der Waals surface area contributed by atoms with Gasteiger partial charge in [-0.2, -0.15) is 8.42 Å². The minimum atomic E-state index is -4.02. The maximum absolute atomic E-state index is 11.9. The summed E-state index contributed by atoms with van der Waals surface area (Å²) in [5.74, 6) is 0. The number of rotatable bonds is 5. The molecule has 0 aliphatic heterocycles. The van der Waals surface area contributed by atoms with E-state index in [2.05, 4.69) is 9.76 Å². The molecule has 0 spiro atoms. The van der Waals surface area contributed by atoms with Gasteiger partial charge in [-0.1, -0.05) is 0 Å². The molecule has 10 heteroatoms. The number of nitrogens with two attached hydrogens (primary N) is 2. The van der Waals surface area contributed by atoms with Crippen molar-refractivity contribution < 1.29 is 21.1 Å². The monoisotopic (exact) mass is 343 g/mol. The zero-order valence-corrected chi connectivity index (χ0v) is 12.8. The number of nitrogens with one attached hydrogen (secondary N) is 1. The minimum absolute atomic E-state index is 0.0737. The van der Waals surface area contributed by atoms with Crippen LogP contribution < -0.4 is 16.4 Å². The molecule has 0 aromatic heterocycles. The van der Waals surface area contributed by atoms with E-state index in [1.165, 1.54) is 48.5 Å². The summed E-state index contributed by atoms with van der Waals surface area (Å²) in [6.07, 6.45) is 0. The SMILES string of the molecule is Nc1ccc(S(=O)(=O)ONc2ccc(S(N)(=O)=O)cc2)cc1. The van der Waals surface area contributed by atoms with E-state index in [1.54, 1.807) is 0 Å². The van der Waals surface area contributed by atoms with Gasteiger partial charge in [0.1, 0.15) is 0 Å². The predicted octanol–water partition coefficient (Wildman–Crippen LogP) is 0.649. The summed E-state index contributed by atoms with van der Waals surface area (Å²) in [6, 6.07) is 10.5. The fraction of sp³-hybridized carbons (Fsp3) is 0. The molecule has 2 rings (SSSR count). The molecule has 0 fully saturated rings. The van der Waals surface area contributed by atoms with Crippen molar-refractivity contribution in [2.75, 3.05) is 11.2 Å². The zero-order chi connectivity index (χ0) is 16.4. The first-order valence-corrected chi connectivity index (χ1v) is 8.82. The summed E-state index contributed by atoms with van der Waals surface area (Å²) >= 11 is 0. The van der Waals surface area contributed by atoms with Gasteiger partial charge in [0.05, 0.1) is 15.5 Å². The largest absolute Gasteiger partial charge is 0.399 e. The lowest BCUT2D eigenvalue weighted by atomic mass is 10.3. The van der Waals surface area contributed by atoms with Gasteiger partial charge in [-0.25, -0.2) is 19.0 Å². The normalized spacial score (nSPS) is 12.0. The highest BCUT2D eigenvalue weighted by Gasteiger charge is 2.15. The second-order valence-corrected chi connectivity index (χ2v) is 7.39. The second kappa shape index (κ2) is 5.93. The van der Waals surface area contributed by atoms with Crippen molar-refractivity contribution in [3.05, 3.63) is 48.5 Å². The molecule has 0 atom stereocenters. The van der Waals surface area contributed by atoms with Gasteiger partial charge in [-0.3, -0.25) is 0 Å². The van der Waals surface area contributed by atoms with Crippen LogP contribution >= 0.6 is 0 Å². The first kappa shape index (κ1) is 16.2. The number of sulfonamides is 1. The van der Waals surface area contributed by atoms with Crippen LogP contribution in [0.25, 0.3) is 0 Å². The Labute approximate surface area is 127 Å². The predicted molar refractivity (Wildman–Crippen MR) is 80.6 cm³/mol. The first-order chi connectivity index (χ1) is 10.2. The van der Waals surface area contributed by atoms with Crippen LogP contribution in [0.2, 0.25) is 0 Å². The van der Waals surface area contributed by atoms with Gasteiger partial charge in [0, 0.05) is 5.69 Å². The molecule has 22 heavy (non-hydrogen) atoms. The molecule has 0 heterocycles. The van der Waals surface area contributed by atoms with Crippen molar-refractivity contribution in [3.8, 4) is 0 Å². The van der Waals surface area contributed by atoms with Crippen molar-refractivity contribution in [2.45, 2.75) is 9.79 Å². The third-order valence-electron chi connectivity index (χ3n) is 2.62. The number of nitrogen functional groups attached to an aromatic ring is 1. The van der Waals surface area contributed by atoms with Crippen LogP contribution in [0.5, 0.6) is 0 Å². The standard InChI is InChI=1S/C12H13N3O5S2/c13-9-1-5-12(6-2-9)22(18,19)20-15-10-3-7-11(8-4-10)21(14,16)17/h1-8,15H,13H2,(H2,14,16,17). The van der Waals surface area contributed by atoms with Gasteiger partial charge in [-0.05, 0) is 48.5 Å². The molecule has 0 saturated heterocycles. The van der Waals surface area contributed by atoms with Crippen molar-refractivity contribution in [3.63, 3.8) is 0 Å². The molecule has 0 aliphatic carbocycles. The van der Waals surface area contributed by atoms with Crippen molar-refractivity contribution in [1.29, 1.82) is 0 Å². The van der Waals surface area contributed by atoms with Gasteiger partial charge in [-0.15, -0.1) is 4.28 Å². The van der Waals surface area contributed by atoms with E-state index in [4.69, 9.17) is 10.9 Å². The Morgan fingerprint density at radius 3 is 1.82 bits per heavy atom. The number of hydrogen-bond donors (Lipinski definition) is 3. The molecule has 0 aliphatic rings. The fourth-order valence-electron chi connectivity index (χ4n) is 1.50. The van der Waals surface area contributed by atoms with Crippen LogP contribution in [-0.2, 0) is 24.4 Å². The summed E-state index contributed by atoms with van der Waals surface area (Å²) < 4.78 is 50.7. The summed E-state index contributed by atoms with van der Waals surface area (Å²) in [4.78, 5) is -0.171. The Bertz CT molecular complexity index is 860. The lowest BCUT2D eigenvalue weighted by Crippen LogP contribution is -2.13. The average Bonchev–Trinajstić information content (AvgIpc) is 2.45. The maximum atomic E-state index is 11.9. The summed E-state index contributed by atoms with van der Waals surface area (Å²) in [7, 11) is -7.83. The van der Waals surface area contributed by atoms with Gasteiger partial charge >= 0.3 is 10.1 Å². The summed E-state index contributed by atoms with van der Waals surface area (Å²) in [5, 5.41) is 4.95. The maximum Gasteiger partial charge on any atom is 0.317 e. The molecule has 0 bridgehead atoms. The molecule has 2 aromatic rings. The number of benzene rings is 2. The molecular formula is C12H13N3O5S2. The zero-order valence-electron chi connectivity index (χ0n) is 11.1. The number of primary sulfonamides is 1. The van der Waals surface area contributed by atoms with E-state index in [0.29, 0.717) is 5.69 Å². The third-order valence-corrected chi connectivity index (χ3v) is 4.70. The van der Waals surface area contributed by atoms with E-state index >= 15 is 0 Å². The molecule has 2 aromatic carbocycles. The average molecular weight is 343 g/mol. The highest BCUT2D eigenvalue weighted by Crippen LogP contribution is 2.17. The quantitative estimate of drug-likeness (QED) is 0.534. The fourth-order valence-corrected chi connectivity index (χ4v) is 2.79. The lowest BCUT2D eigenvalue weighted by molar-refractivity contribution is 0.390. The Hall–Kier alpha value is -2.14. The van der Waals surface area contributed by atoms with Crippen LogP contribution in [0.15, 0.2) is 58.3 Å². The van der Waals surface area contributed by atoms with Gasteiger partial charge in [0.25, 0.3) is 0 Å². The third kappa shape index (κ3) is 3.95. The van der Waals surface area contributed by atoms with E-state index < -0.39 is 20.1 Å². The summed E-state index contributed by atoms with van der Waals surface area (Å²) in [6.45, 7) is 0. The Kier molecular flexibility index (Phi) is 4.37. The topological polar surface area (TPSA) is 142 Å². The van der Waals surface area contributed by atoms with Gasteiger partial charge in [0.15, 0.2) is 0 Å². The van der Waals surface area contributed by atoms with E-state index in [1.807, 2.05) is 0 Å². The molecule has 5 N–H and O–H groups in total. The van der Waals surface area contributed by atoms with Crippen LogP contribution in [-0.4, -0.2) is 16.8 Å². The molecule has 8 nitrogen and oxygen atoms in total. The van der Waals surface area contributed by atoms with E-state index in [-0.39, 0.29) is 15.5 Å². The van der Waals surface area contributed by atoms with Crippen LogP contribution in [0, 0.1) is 0 Å². The Morgan fingerprint density at radius 1 is 0.818 bits per heavy atom. The van der Waals surface area contributed by atoms with Crippen LogP contribution in [0.1, 0.15) is 0 Å². The Balaban J connectivity index is 2.10. The molecule has 118 valence electrons. The number of hydrogen-bond acceptors (Lipinski definition) is 7. The second-order valence-electron chi connectivity index (χ2n) is 4.28. The van der Waals surface area contributed by atoms with E-state index in [0.717, 1.165) is 0 Å². The first-order valence-electron chi connectivity index (χ1n) is 5.86. The van der Waals surface area contributed by atoms with Crippen LogP contribution in [0.4, 0.5) is 11.4 Å². The molecule has 0 radical (unpaired) electrons. The highest BCUT2D eigenvalue weighted by atomic mass is 32.2. The molecule has 0 saturated carbocycles.